The number of halogens is 1. The Morgan fingerprint density at radius 1 is 1.08 bits per heavy atom. The minimum atomic E-state index is -0.351. The van der Waals surface area contributed by atoms with Crippen LogP contribution in [0, 0.1) is 0 Å². The predicted molar refractivity (Wildman–Crippen MR) is 96.0 cm³/mol. The second kappa shape index (κ2) is 7.58. The van der Waals surface area contributed by atoms with Crippen LogP contribution in [0.5, 0.6) is 11.6 Å². The first-order valence-corrected chi connectivity index (χ1v) is 7.93. The van der Waals surface area contributed by atoms with Gasteiger partial charge in [-0.2, -0.15) is 4.98 Å². The molecule has 25 heavy (non-hydrogen) atoms. The van der Waals surface area contributed by atoms with Crippen LogP contribution in [0.2, 0.25) is 0 Å². The number of carbonyl (C=O) groups is 1. The van der Waals surface area contributed by atoms with E-state index in [1.807, 2.05) is 12.1 Å². The largest absolute Gasteiger partial charge is 0.437 e. The molecule has 8 nitrogen and oxygen atoms in total. The van der Waals surface area contributed by atoms with Gasteiger partial charge >= 0.3 is 0 Å². The third-order valence-electron chi connectivity index (χ3n) is 3.11. The maximum absolute atomic E-state index is 12.0. The molecule has 3 aromatic rings. The fourth-order valence-electron chi connectivity index (χ4n) is 1.87. The average Bonchev–Trinajstić information content (AvgIpc) is 2.64. The predicted octanol–water partition coefficient (Wildman–Crippen LogP) is 2.77. The van der Waals surface area contributed by atoms with Crippen molar-refractivity contribution in [3.63, 3.8) is 0 Å². The summed E-state index contributed by atoms with van der Waals surface area (Å²) in [6.07, 6.45) is 4.34. The topological polar surface area (TPSA) is 115 Å². The molecule has 2 aromatic heterocycles. The molecule has 0 aliphatic carbocycles. The Hall–Kier alpha value is -3.20. The van der Waals surface area contributed by atoms with E-state index in [-0.39, 0.29) is 23.3 Å². The highest BCUT2D eigenvalue weighted by atomic mass is 79.9. The summed E-state index contributed by atoms with van der Waals surface area (Å²) in [6, 6.07) is 10.4. The molecule has 1 amide bonds. The Balaban J connectivity index is 1.70. The van der Waals surface area contributed by atoms with Gasteiger partial charge in [-0.25, -0.2) is 4.98 Å². The number of hydrogen-bond donors (Lipinski definition) is 3. The number of aromatic nitrogens is 3. The molecule has 0 fully saturated rings. The fraction of sp³-hybridized carbons (Fsp3) is 0. The van der Waals surface area contributed by atoms with Gasteiger partial charge in [0.1, 0.15) is 17.8 Å². The molecule has 0 bridgehead atoms. The average molecular weight is 401 g/mol. The van der Waals surface area contributed by atoms with Crippen LogP contribution in [-0.4, -0.2) is 20.9 Å². The lowest BCUT2D eigenvalue weighted by atomic mass is 10.3. The Morgan fingerprint density at radius 2 is 1.80 bits per heavy atom. The van der Waals surface area contributed by atoms with Crippen LogP contribution in [0.1, 0.15) is 10.4 Å². The highest BCUT2D eigenvalue weighted by Gasteiger charge is 2.12. The summed E-state index contributed by atoms with van der Waals surface area (Å²) < 4.78 is 6.57. The van der Waals surface area contributed by atoms with Gasteiger partial charge in [-0.3, -0.25) is 20.6 Å². The van der Waals surface area contributed by atoms with Gasteiger partial charge in [-0.05, 0) is 36.4 Å². The number of nitrogen functional groups attached to an aromatic ring is 1. The lowest BCUT2D eigenvalue weighted by molar-refractivity contribution is 0.0962. The summed E-state index contributed by atoms with van der Waals surface area (Å²) in [5.41, 5.74) is 11.8. The molecule has 0 spiro atoms. The van der Waals surface area contributed by atoms with Crippen molar-refractivity contribution >= 4 is 33.3 Å². The van der Waals surface area contributed by atoms with E-state index in [1.165, 1.54) is 18.7 Å². The van der Waals surface area contributed by atoms with Gasteiger partial charge in [0.2, 0.25) is 5.88 Å². The second-order valence-corrected chi connectivity index (χ2v) is 5.73. The molecule has 9 heteroatoms. The second-order valence-electron chi connectivity index (χ2n) is 4.81. The van der Waals surface area contributed by atoms with E-state index in [4.69, 9.17) is 10.5 Å². The molecule has 0 radical (unpaired) electrons. The number of nitrogens with two attached hydrogens (primary N) is 1. The van der Waals surface area contributed by atoms with E-state index < -0.39 is 0 Å². The lowest BCUT2D eigenvalue weighted by Crippen LogP contribution is -2.30. The highest BCUT2D eigenvalue weighted by Crippen LogP contribution is 2.29. The summed E-state index contributed by atoms with van der Waals surface area (Å²) in [5.74, 6) is 0.624. The first kappa shape index (κ1) is 16.7. The van der Waals surface area contributed by atoms with Crippen LogP contribution >= 0.6 is 15.9 Å². The quantitative estimate of drug-likeness (QED) is 0.563. The number of carbonyl (C=O) groups excluding carboxylic acids is 1. The van der Waals surface area contributed by atoms with Gasteiger partial charge < -0.3 is 10.5 Å². The zero-order valence-corrected chi connectivity index (χ0v) is 14.4. The third kappa shape index (κ3) is 4.21. The number of hydrogen-bond acceptors (Lipinski definition) is 7. The van der Waals surface area contributed by atoms with Gasteiger partial charge in [-0.1, -0.05) is 15.9 Å². The molecule has 0 aliphatic rings. The van der Waals surface area contributed by atoms with Gasteiger partial charge in [0.15, 0.2) is 5.82 Å². The number of amides is 1. The fourth-order valence-corrected chi connectivity index (χ4v) is 2.13. The normalized spacial score (nSPS) is 10.1. The van der Waals surface area contributed by atoms with E-state index in [2.05, 4.69) is 41.7 Å². The molecular weight excluding hydrogens is 388 g/mol. The van der Waals surface area contributed by atoms with E-state index in [9.17, 15) is 4.79 Å². The van der Waals surface area contributed by atoms with Crippen LogP contribution in [-0.2, 0) is 0 Å². The molecule has 126 valence electrons. The van der Waals surface area contributed by atoms with Gasteiger partial charge in [-0.15, -0.1) is 0 Å². The smallest absolute Gasteiger partial charge is 0.269 e. The van der Waals surface area contributed by atoms with Crippen molar-refractivity contribution in [2.45, 2.75) is 0 Å². The molecule has 0 saturated carbocycles. The first-order chi connectivity index (χ1) is 12.1. The number of ether oxygens (including phenoxy) is 1. The first-order valence-electron chi connectivity index (χ1n) is 7.14. The molecule has 0 aliphatic heterocycles. The van der Waals surface area contributed by atoms with Crippen molar-refractivity contribution in [3.8, 4) is 11.6 Å². The van der Waals surface area contributed by atoms with E-state index >= 15 is 0 Å². The third-order valence-corrected chi connectivity index (χ3v) is 3.64. The summed E-state index contributed by atoms with van der Waals surface area (Å²) in [6.45, 7) is 0. The molecule has 0 unspecified atom stereocenters. The highest BCUT2D eigenvalue weighted by molar-refractivity contribution is 9.10. The monoisotopic (exact) mass is 400 g/mol. The Bertz CT molecular complexity index is 874. The van der Waals surface area contributed by atoms with Crippen molar-refractivity contribution in [3.05, 3.63) is 65.2 Å². The number of rotatable bonds is 5. The van der Waals surface area contributed by atoms with Crippen LogP contribution in [0.4, 0.5) is 11.5 Å². The van der Waals surface area contributed by atoms with E-state index in [0.717, 1.165) is 4.47 Å². The van der Waals surface area contributed by atoms with Crippen LogP contribution in [0.3, 0.4) is 0 Å². The number of nitrogens with one attached hydrogen (secondary N) is 2. The van der Waals surface area contributed by atoms with Crippen molar-refractivity contribution in [1.82, 2.24) is 20.4 Å². The maximum Gasteiger partial charge on any atom is 0.269 e. The van der Waals surface area contributed by atoms with Gasteiger partial charge in [0.05, 0.1) is 0 Å². The standard InChI is InChI=1S/C16H13BrN6O2/c17-11-1-3-12(4-2-11)25-16-13(18)14(20-9-21-16)22-23-15(24)10-5-7-19-8-6-10/h1-9H,18H2,(H,23,24)(H,20,21,22). The van der Waals surface area contributed by atoms with Gasteiger partial charge in [0, 0.05) is 22.4 Å². The number of anilines is 2. The zero-order chi connectivity index (χ0) is 17.6. The molecule has 2 heterocycles. The number of hydrazine groups is 1. The Morgan fingerprint density at radius 3 is 2.52 bits per heavy atom. The summed E-state index contributed by atoms with van der Waals surface area (Å²) >= 11 is 3.35. The van der Waals surface area contributed by atoms with Crippen molar-refractivity contribution in [2.75, 3.05) is 11.2 Å². The van der Waals surface area contributed by atoms with Crippen LogP contribution < -0.4 is 21.3 Å². The van der Waals surface area contributed by atoms with Crippen molar-refractivity contribution < 1.29 is 9.53 Å². The minimum absolute atomic E-state index is 0.167. The number of nitrogens with zero attached hydrogens (tertiary/aromatic N) is 3. The van der Waals surface area contributed by atoms with Crippen molar-refractivity contribution in [2.24, 2.45) is 0 Å². The van der Waals surface area contributed by atoms with Crippen LogP contribution in [0.25, 0.3) is 0 Å². The van der Waals surface area contributed by atoms with Crippen molar-refractivity contribution in [1.29, 1.82) is 0 Å². The molecule has 1 aromatic carbocycles. The molecular formula is C16H13BrN6O2. The summed E-state index contributed by atoms with van der Waals surface area (Å²) in [7, 11) is 0. The Labute approximate surface area is 151 Å². The minimum Gasteiger partial charge on any atom is -0.437 e. The van der Waals surface area contributed by atoms with Crippen LogP contribution in [0.15, 0.2) is 59.6 Å². The summed E-state index contributed by atoms with van der Waals surface area (Å²) in [4.78, 5) is 23.9. The Kier molecular flexibility index (Phi) is 5.05. The zero-order valence-electron chi connectivity index (χ0n) is 12.8. The van der Waals surface area contributed by atoms with E-state index in [1.54, 1.807) is 24.3 Å². The molecule has 0 saturated heterocycles. The lowest BCUT2D eigenvalue weighted by Gasteiger charge is -2.12. The number of benzene rings is 1. The molecule has 3 rings (SSSR count). The summed E-state index contributed by atoms with van der Waals surface area (Å²) in [5, 5.41) is 0. The number of pyridine rings is 1. The molecule has 0 atom stereocenters. The van der Waals surface area contributed by atoms with Gasteiger partial charge in [0.25, 0.3) is 5.91 Å². The molecule has 4 N–H and O–H groups in total. The van der Waals surface area contributed by atoms with E-state index in [0.29, 0.717) is 11.3 Å². The maximum atomic E-state index is 12.0. The SMILES string of the molecule is Nc1c(NNC(=O)c2ccncc2)ncnc1Oc1ccc(Br)cc1.